The second-order valence-corrected chi connectivity index (χ2v) is 8.38. The first-order valence-corrected chi connectivity index (χ1v) is 10.3. The van der Waals surface area contributed by atoms with E-state index in [0.717, 1.165) is 32.0 Å². The number of rotatable bonds is 6. The van der Waals surface area contributed by atoms with Crippen LogP contribution in [0.1, 0.15) is 50.4 Å². The fraction of sp³-hybridized carbons (Fsp3) is 0.737. The van der Waals surface area contributed by atoms with E-state index in [9.17, 15) is 4.79 Å². The topological polar surface area (TPSA) is 35.6 Å². The molecule has 24 heavy (non-hydrogen) atoms. The molecule has 0 radical (unpaired) electrons. The minimum absolute atomic E-state index is 0.289. The van der Waals surface area contributed by atoms with E-state index in [-0.39, 0.29) is 5.91 Å². The molecule has 1 aromatic heterocycles. The Morgan fingerprint density at radius 2 is 2.12 bits per heavy atom. The average molecular weight is 350 g/mol. The lowest BCUT2D eigenvalue weighted by molar-refractivity contribution is -0.129. The van der Waals surface area contributed by atoms with Gasteiger partial charge >= 0.3 is 0 Å². The first-order chi connectivity index (χ1) is 11.7. The Morgan fingerprint density at radius 1 is 1.33 bits per heavy atom. The zero-order valence-corrected chi connectivity index (χ0v) is 15.9. The van der Waals surface area contributed by atoms with Gasteiger partial charge in [-0.05, 0) is 49.7 Å². The smallest absolute Gasteiger partial charge is 0.222 e. The molecule has 1 amide bonds. The van der Waals surface area contributed by atoms with E-state index in [1.165, 1.54) is 30.8 Å². The second kappa shape index (κ2) is 8.45. The predicted octanol–water partition coefficient (Wildman–Crippen LogP) is 3.12. The van der Waals surface area contributed by atoms with E-state index in [1.807, 2.05) is 23.2 Å². The molecule has 5 heteroatoms. The minimum atomic E-state index is 0.289. The van der Waals surface area contributed by atoms with Crippen molar-refractivity contribution >= 4 is 17.2 Å². The van der Waals surface area contributed by atoms with Crippen LogP contribution in [-0.2, 0) is 4.79 Å². The lowest BCUT2D eigenvalue weighted by atomic mass is 9.98. The highest BCUT2D eigenvalue weighted by Gasteiger charge is 2.29. The molecule has 0 spiro atoms. The molecule has 3 heterocycles. The number of amides is 1. The summed E-state index contributed by atoms with van der Waals surface area (Å²) in [5, 5.41) is 6.03. The summed E-state index contributed by atoms with van der Waals surface area (Å²) in [6.07, 6.45) is 4.33. The lowest BCUT2D eigenvalue weighted by Crippen LogP contribution is -2.43. The third-order valence-electron chi connectivity index (χ3n) is 5.48. The SMILES string of the molecule is CCC(=O)N1CC[C@@H](N[C@@H](CN2CCC(C)CC2)c2cccs2)C1. The van der Waals surface area contributed by atoms with Gasteiger partial charge in [-0.1, -0.05) is 19.9 Å². The first kappa shape index (κ1) is 17.9. The van der Waals surface area contributed by atoms with Crippen LogP contribution in [0.2, 0.25) is 0 Å². The molecule has 2 saturated heterocycles. The summed E-state index contributed by atoms with van der Waals surface area (Å²) >= 11 is 1.85. The molecule has 0 unspecified atom stereocenters. The van der Waals surface area contributed by atoms with Crippen molar-refractivity contribution in [2.45, 2.75) is 51.6 Å². The summed E-state index contributed by atoms with van der Waals surface area (Å²) < 4.78 is 0. The molecule has 2 fully saturated rings. The molecule has 1 aromatic rings. The number of hydrogen-bond acceptors (Lipinski definition) is 4. The number of nitrogens with zero attached hydrogens (tertiary/aromatic N) is 2. The van der Waals surface area contributed by atoms with Crippen molar-refractivity contribution in [3.63, 3.8) is 0 Å². The van der Waals surface area contributed by atoms with Crippen LogP contribution >= 0.6 is 11.3 Å². The molecule has 0 aliphatic carbocycles. The molecule has 0 saturated carbocycles. The van der Waals surface area contributed by atoms with Crippen molar-refractivity contribution in [3.8, 4) is 0 Å². The quantitative estimate of drug-likeness (QED) is 0.857. The van der Waals surface area contributed by atoms with Gasteiger partial charge in [-0.25, -0.2) is 0 Å². The summed E-state index contributed by atoms with van der Waals surface area (Å²) in [5.74, 6) is 1.16. The van der Waals surface area contributed by atoms with E-state index in [2.05, 4.69) is 34.7 Å². The first-order valence-electron chi connectivity index (χ1n) is 9.45. The molecule has 0 aromatic carbocycles. The van der Waals surface area contributed by atoms with Crippen LogP contribution in [0.25, 0.3) is 0 Å². The normalized spacial score (nSPS) is 24.4. The number of piperidine rings is 1. The summed E-state index contributed by atoms with van der Waals surface area (Å²) in [7, 11) is 0. The molecule has 2 atom stereocenters. The highest BCUT2D eigenvalue weighted by molar-refractivity contribution is 7.10. The average Bonchev–Trinajstić information content (AvgIpc) is 3.27. The maximum atomic E-state index is 11.9. The lowest BCUT2D eigenvalue weighted by Gasteiger charge is -2.34. The third kappa shape index (κ3) is 4.58. The zero-order valence-electron chi connectivity index (χ0n) is 15.0. The van der Waals surface area contributed by atoms with Gasteiger partial charge in [0.25, 0.3) is 0 Å². The molecule has 4 nitrogen and oxygen atoms in total. The van der Waals surface area contributed by atoms with Crippen LogP contribution in [0.3, 0.4) is 0 Å². The Balaban J connectivity index is 1.58. The number of thiophene rings is 1. The van der Waals surface area contributed by atoms with Gasteiger partial charge in [-0.2, -0.15) is 0 Å². The van der Waals surface area contributed by atoms with Crippen LogP contribution in [0.15, 0.2) is 17.5 Å². The number of nitrogens with one attached hydrogen (secondary N) is 1. The Morgan fingerprint density at radius 3 is 2.79 bits per heavy atom. The van der Waals surface area contributed by atoms with Crippen LogP contribution in [0.5, 0.6) is 0 Å². The van der Waals surface area contributed by atoms with Gasteiger partial charge in [0.05, 0.1) is 6.04 Å². The van der Waals surface area contributed by atoms with Crippen LogP contribution < -0.4 is 5.32 Å². The van der Waals surface area contributed by atoms with E-state index >= 15 is 0 Å². The van der Waals surface area contributed by atoms with Crippen molar-refractivity contribution in [1.82, 2.24) is 15.1 Å². The highest BCUT2D eigenvalue weighted by Crippen LogP contribution is 2.25. The van der Waals surface area contributed by atoms with Crippen LogP contribution in [0.4, 0.5) is 0 Å². The standard InChI is InChI=1S/C19H31N3OS/c1-3-19(23)22-11-8-16(13-22)20-17(18-5-4-12-24-18)14-21-9-6-15(2)7-10-21/h4-5,12,15-17,20H,3,6-11,13-14H2,1-2H3/t16-,17+/m1/s1. The van der Waals surface area contributed by atoms with Crippen LogP contribution in [-0.4, -0.2) is 54.5 Å². The Bertz CT molecular complexity index is 511. The van der Waals surface area contributed by atoms with Gasteiger partial charge in [0, 0.05) is 37.0 Å². The van der Waals surface area contributed by atoms with Gasteiger partial charge in [0.15, 0.2) is 0 Å². The predicted molar refractivity (Wildman–Crippen MR) is 100 cm³/mol. The van der Waals surface area contributed by atoms with E-state index in [4.69, 9.17) is 0 Å². The monoisotopic (exact) mass is 349 g/mol. The molecule has 2 aliphatic heterocycles. The molecule has 3 rings (SSSR count). The number of hydrogen-bond donors (Lipinski definition) is 1. The minimum Gasteiger partial charge on any atom is -0.341 e. The van der Waals surface area contributed by atoms with E-state index < -0.39 is 0 Å². The van der Waals surface area contributed by atoms with Crippen molar-refractivity contribution < 1.29 is 4.79 Å². The third-order valence-corrected chi connectivity index (χ3v) is 6.47. The molecular weight excluding hydrogens is 318 g/mol. The Hall–Kier alpha value is -0.910. The summed E-state index contributed by atoms with van der Waals surface area (Å²) in [6, 6.07) is 5.21. The molecular formula is C19H31N3OS. The number of carbonyl (C=O) groups is 1. The Kier molecular flexibility index (Phi) is 6.31. The van der Waals surface area contributed by atoms with Crippen molar-refractivity contribution in [2.24, 2.45) is 5.92 Å². The molecule has 2 aliphatic rings. The van der Waals surface area contributed by atoms with Gasteiger partial charge in [0.2, 0.25) is 5.91 Å². The number of likely N-dealkylation sites (tertiary alicyclic amines) is 2. The Labute approximate surface area is 150 Å². The fourth-order valence-electron chi connectivity index (χ4n) is 3.85. The van der Waals surface area contributed by atoms with Crippen molar-refractivity contribution in [3.05, 3.63) is 22.4 Å². The largest absolute Gasteiger partial charge is 0.341 e. The second-order valence-electron chi connectivity index (χ2n) is 7.40. The van der Waals surface area contributed by atoms with Crippen molar-refractivity contribution in [1.29, 1.82) is 0 Å². The summed E-state index contributed by atoms with van der Waals surface area (Å²) in [4.78, 5) is 18.0. The molecule has 0 bridgehead atoms. The van der Waals surface area contributed by atoms with Gasteiger partial charge in [0.1, 0.15) is 0 Å². The van der Waals surface area contributed by atoms with Crippen LogP contribution in [0, 0.1) is 5.92 Å². The maximum absolute atomic E-state index is 11.9. The van der Waals surface area contributed by atoms with E-state index in [0.29, 0.717) is 18.5 Å². The molecule has 134 valence electrons. The fourth-order valence-corrected chi connectivity index (χ4v) is 4.63. The summed E-state index contributed by atoms with van der Waals surface area (Å²) in [5.41, 5.74) is 0. The highest BCUT2D eigenvalue weighted by atomic mass is 32.1. The zero-order chi connectivity index (χ0) is 16.9. The molecule has 1 N–H and O–H groups in total. The summed E-state index contributed by atoms with van der Waals surface area (Å²) in [6.45, 7) is 9.62. The van der Waals surface area contributed by atoms with E-state index in [1.54, 1.807) is 0 Å². The van der Waals surface area contributed by atoms with Crippen molar-refractivity contribution in [2.75, 3.05) is 32.7 Å². The van der Waals surface area contributed by atoms with Gasteiger partial charge < -0.3 is 15.1 Å². The van der Waals surface area contributed by atoms with Gasteiger partial charge in [-0.15, -0.1) is 11.3 Å². The maximum Gasteiger partial charge on any atom is 0.222 e. The number of carbonyl (C=O) groups excluding carboxylic acids is 1. The van der Waals surface area contributed by atoms with Gasteiger partial charge in [-0.3, -0.25) is 4.79 Å².